The number of hydrogen-bond acceptors (Lipinski definition) is 4. The summed E-state index contributed by atoms with van der Waals surface area (Å²) in [5, 5.41) is 4.90. The van der Waals surface area contributed by atoms with Crippen molar-refractivity contribution in [2.45, 2.75) is 38.1 Å². The van der Waals surface area contributed by atoms with Crippen molar-refractivity contribution in [2.75, 3.05) is 11.5 Å². The van der Waals surface area contributed by atoms with Crippen LogP contribution in [0.3, 0.4) is 0 Å². The van der Waals surface area contributed by atoms with Crippen LogP contribution in [-0.4, -0.2) is 31.4 Å². The fraction of sp³-hybridized carbons (Fsp3) is 0.615. The van der Waals surface area contributed by atoms with Crippen molar-refractivity contribution in [3.8, 4) is 0 Å². The van der Waals surface area contributed by atoms with Gasteiger partial charge in [-0.1, -0.05) is 6.07 Å². The number of thiophene rings is 1. The van der Waals surface area contributed by atoms with Crippen LogP contribution in [0.25, 0.3) is 0 Å². The molecule has 1 N–H and O–H groups in total. The zero-order valence-corrected chi connectivity index (χ0v) is 12.6. The van der Waals surface area contributed by atoms with Crippen molar-refractivity contribution in [1.29, 1.82) is 0 Å². The zero-order chi connectivity index (χ0) is 13.9. The van der Waals surface area contributed by atoms with Crippen LogP contribution in [0.4, 0.5) is 0 Å². The molecule has 1 saturated heterocycles. The lowest BCUT2D eigenvalue weighted by Crippen LogP contribution is -2.46. The van der Waals surface area contributed by atoms with E-state index in [1.165, 1.54) is 4.88 Å². The first-order valence-electron chi connectivity index (χ1n) is 6.42. The first kappa shape index (κ1) is 14.5. The van der Waals surface area contributed by atoms with Gasteiger partial charge in [0.25, 0.3) is 0 Å². The third-order valence-electron chi connectivity index (χ3n) is 3.35. The Morgan fingerprint density at radius 1 is 1.53 bits per heavy atom. The van der Waals surface area contributed by atoms with Crippen molar-refractivity contribution in [3.63, 3.8) is 0 Å². The van der Waals surface area contributed by atoms with Gasteiger partial charge in [0.05, 0.1) is 17.0 Å². The van der Waals surface area contributed by atoms with Gasteiger partial charge in [-0.25, -0.2) is 8.42 Å². The minimum Gasteiger partial charge on any atom is -0.350 e. The second-order valence-electron chi connectivity index (χ2n) is 5.38. The summed E-state index contributed by atoms with van der Waals surface area (Å²) in [6, 6.07) is 4.07. The van der Waals surface area contributed by atoms with Crippen molar-refractivity contribution in [3.05, 3.63) is 22.4 Å². The third-order valence-corrected chi connectivity index (χ3v) is 6.19. The summed E-state index contributed by atoms with van der Waals surface area (Å²) in [4.78, 5) is 13.1. The molecule has 0 aliphatic carbocycles. The summed E-state index contributed by atoms with van der Waals surface area (Å²) in [5.74, 6) is 0.200. The molecule has 1 aliphatic rings. The number of carbonyl (C=O) groups excluding carboxylic acids is 1. The molecule has 1 aromatic heterocycles. The average molecular weight is 301 g/mol. The van der Waals surface area contributed by atoms with E-state index < -0.39 is 15.4 Å². The van der Waals surface area contributed by atoms with Gasteiger partial charge >= 0.3 is 0 Å². The zero-order valence-electron chi connectivity index (χ0n) is 11.0. The second kappa shape index (κ2) is 5.63. The van der Waals surface area contributed by atoms with Crippen molar-refractivity contribution >= 4 is 27.1 Å². The number of aryl methyl sites for hydroxylation is 1. The summed E-state index contributed by atoms with van der Waals surface area (Å²) in [5.41, 5.74) is -0.571. The van der Waals surface area contributed by atoms with E-state index in [1.54, 1.807) is 11.3 Å². The van der Waals surface area contributed by atoms with E-state index in [2.05, 4.69) is 11.4 Å². The maximum atomic E-state index is 11.8. The molecule has 2 heterocycles. The van der Waals surface area contributed by atoms with Crippen LogP contribution in [0.5, 0.6) is 0 Å². The van der Waals surface area contributed by atoms with Gasteiger partial charge in [0.1, 0.15) is 0 Å². The molecule has 0 bridgehead atoms. The highest BCUT2D eigenvalue weighted by Crippen LogP contribution is 2.23. The Kier molecular flexibility index (Phi) is 4.30. The normalized spacial score (nSPS) is 25.3. The van der Waals surface area contributed by atoms with Gasteiger partial charge in [-0.15, -0.1) is 11.3 Å². The Balaban J connectivity index is 1.75. The van der Waals surface area contributed by atoms with Crippen LogP contribution in [0.1, 0.15) is 31.1 Å². The molecule has 0 spiro atoms. The number of nitrogens with one attached hydrogen (secondary N) is 1. The quantitative estimate of drug-likeness (QED) is 0.901. The molecule has 1 amide bonds. The molecular weight excluding hydrogens is 282 g/mol. The van der Waals surface area contributed by atoms with E-state index in [1.807, 2.05) is 18.4 Å². The van der Waals surface area contributed by atoms with Crippen LogP contribution in [0.15, 0.2) is 17.5 Å². The van der Waals surface area contributed by atoms with E-state index >= 15 is 0 Å². The van der Waals surface area contributed by atoms with E-state index in [9.17, 15) is 13.2 Å². The molecule has 0 aromatic carbocycles. The van der Waals surface area contributed by atoms with Gasteiger partial charge in [0, 0.05) is 11.3 Å². The molecule has 0 radical (unpaired) electrons. The highest BCUT2D eigenvalue weighted by atomic mass is 32.2. The topological polar surface area (TPSA) is 63.2 Å². The first-order chi connectivity index (χ1) is 8.89. The van der Waals surface area contributed by atoms with Gasteiger partial charge in [0.15, 0.2) is 9.84 Å². The Labute approximate surface area is 118 Å². The maximum Gasteiger partial charge on any atom is 0.220 e. The molecular formula is C13H19NO3S2. The molecule has 2 rings (SSSR count). The van der Waals surface area contributed by atoms with E-state index in [0.717, 1.165) is 12.8 Å². The summed E-state index contributed by atoms with van der Waals surface area (Å²) in [6.45, 7) is 1.81. The van der Waals surface area contributed by atoms with Crippen LogP contribution in [0.2, 0.25) is 0 Å². The van der Waals surface area contributed by atoms with Crippen LogP contribution in [-0.2, 0) is 21.1 Å². The van der Waals surface area contributed by atoms with Gasteiger partial charge < -0.3 is 5.32 Å². The van der Waals surface area contributed by atoms with Gasteiger partial charge in [0.2, 0.25) is 5.91 Å². The largest absolute Gasteiger partial charge is 0.350 e. The van der Waals surface area contributed by atoms with Crippen molar-refractivity contribution in [2.24, 2.45) is 0 Å². The highest BCUT2D eigenvalue weighted by Gasteiger charge is 2.39. The van der Waals surface area contributed by atoms with Crippen LogP contribution >= 0.6 is 11.3 Å². The molecule has 6 heteroatoms. The monoisotopic (exact) mass is 301 g/mol. The molecule has 1 fully saturated rings. The molecule has 1 aromatic rings. The second-order valence-corrected chi connectivity index (χ2v) is 8.60. The smallest absolute Gasteiger partial charge is 0.220 e. The highest BCUT2D eigenvalue weighted by molar-refractivity contribution is 7.91. The van der Waals surface area contributed by atoms with Crippen molar-refractivity contribution < 1.29 is 13.2 Å². The molecule has 1 aliphatic heterocycles. The number of amides is 1. The lowest BCUT2D eigenvalue weighted by atomic mass is 10.0. The maximum absolute atomic E-state index is 11.8. The third kappa shape index (κ3) is 4.31. The summed E-state index contributed by atoms with van der Waals surface area (Å²) >= 11 is 1.70. The molecule has 19 heavy (non-hydrogen) atoms. The Bertz CT molecular complexity index is 536. The molecule has 0 saturated carbocycles. The van der Waals surface area contributed by atoms with Gasteiger partial charge in [-0.05, 0) is 37.6 Å². The molecule has 106 valence electrons. The summed E-state index contributed by atoms with van der Waals surface area (Å²) in [6.07, 6.45) is 2.68. The number of carbonyl (C=O) groups is 1. The fourth-order valence-corrected chi connectivity index (χ4v) is 5.23. The summed E-state index contributed by atoms with van der Waals surface area (Å²) in [7, 11) is -2.97. The predicted octanol–water partition coefficient (Wildman–Crippen LogP) is 1.76. The lowest BCUT2D eigenvalue weighted by Gasteiger charge is -2.23. The lowest BCUT2D eigenvalue weighted by molar-refractivity contribution is -0.122. The number of sulfone groups is 1. The van der Waals surface area contributed by atoms with E-state index in [-0.39, 0.29) is 17.4 Å². The van der Waals surface area contributed by atoms with Crippen LogP contribution in [0, 0.1) is 0 Å². The van der Waals surface area contributed by atoms with Gasteiger partial charge in [-0.3, -0.25) is 4.79 Å². The Morgan fingerprint density at radius 3 is 2.89 bits per heavy atom. The minimum atomic E-state index is -2.97. The van der Waals surface area contributed by atoms with Crippen molar-refractivity contribution in [1.82, 2.24) is 5.32 Å². The Hall–Kier alpha value is -0.880. The van der Waals surface area contributed by atoms with Crippen LogP contribution < -0.4 is 5.32 Å². The fourth-order valence-electron chi connectivity index (χ4n) is 2.39. The molecule has 4 nitrogen and oxygen atoms in total. The number of hydrogen-bond donors (Lipinski definition) is 1. The molecule has 0 unspecified atom stereocenters. The minimum absolute atomic E-state index is 0.0452. The van der Waals surface area contributed by atoms with E-state index in [4.69, 9.17) is 0 Å². The number of rotatable bonds is 5. The average Bonchev–Trinajstić information content (AvgIpc) is 2.87. The van der Waals surface area contributed by atoms with E-state index in [0.29, 0.717) is 12.8 Å². The first-order valence-corrected chi connectivity index (χ1v) is 9.13. The molecule has 1 atom stereocenters. The van der Waals surface area contributed by atoms with Gasteiger partial charge in [-0.2, -0.15) is 0 Å². The SMILES string of the molecule is C[C@]1(NC(=O)CCCc2cccs2)CCS(=O)(=O)C1. The predicted molar refractivity (Wildman–Crippen MR) is 77.1 cm³/mol. The summed E-state index contributed by atoms with van der Waals surface area (Å²) < 4.78 is 22.9. The Morgan fingerprint density at radius 2 is 2.32 bits per heavy atom. The standard InChI is InChI=1S/C13H19NO3S2/c1-13(7-9-19(16,17)10-13)14-12(15)6-2-4-11-5-3-8-18-11/h3,5,8H,2,4,6-7,9-10H2,1H3,(H,14,15)/t13-/m0/s1.